The van der Waals surface area contributed by atoms with E-state index in [0.29, 0.717) is 0 Å². The van der Waals surface area contributed by atoms with Gasteiger partial charge >= 0.3 is 0 Å². The minimum absolute atomic E-state index is 0.128. The van der Waals surface area contributed by atoms with Gasteiger partial charge in [-0.05, 0) is 98.6 Å². The fourth-order valence-electron chi connectivity index (χ4n) is 8.30. The molecule has 1 aliphatic carbocycles. The highest BCUT2D eigenvalue weighted by Crippen LogP contribution is 2.51. The molecule has 1 aliphatic rings. The van der Waals surface area contributed by atoms with Gasteiger partial charge in [-0.15, -0.1) is 0 Å². The van der Waals surface area contributed by atoms with E-state index in [1.165, 1.54) is 77.6 Å². The van der Waals surface area contributed by atoms with Gasteiger partial charge in [0, 0.05) is 39.0 Å². The van der Waals surface area contributed by atoms with Gasteiger partial charge < -0.3 is 4.57 Å². The van der Waals surface area contributed by atoms with Crippen molar-refractivity contribution in [2.75, 3.05) is 0 Å². The van der Waals surface area contributed by atoms with Crippen LogP contribution in [0.5, 0.6) is 0 Å². The van der Waals surface area contributed by atoms with Gasteiger partial charge in [0.2, 0.25) is 0 Å². The van der Waals surface area contributed by atoms with E-state index < -0.39 is 0 Å². The Balaban J connectivity index is 0.995. The van der Waals surface area contributed by atoms with Crippen molar-refractivity contribution in [3.05, 3.63) is 181 Å². The Bertz CT molecular complexity index is 2720. The molecule has 0 spiro atoms. The molecule has 236 valence electrons. The first-order chi connectivity index (χ1) is 24.5. The van der Waals surface area contributed by atoms with Crippen LogP contribution < -0.4 is 0 Å². The van der Waals surface area contributed by atoms with Crippen LogP contribution in [0.25, 0.3) is 82.9 Å². The minimum Gasteiger partial charge on any atom is -0.309 e. The third-order valence-corrected chi connectivity index (χ3v) is 10.9. The van der Waals surface area contributed by atoms with Crippen molar-refractivity contribution < 1.29 is 0 Å². The molecule has 0 aliphatic heterocycles. The maximum absolute atomic E-state index is 4.71. The number of hydrogen-bond acceptors (Lipinski definition) is 1. The summed E-state index contributed by atoms with van der Waals surface area (Å²) in [5.41, 5.74) is 17.2. The summed E-state index contributed by atoms with van der Waals surface area (Å²) in [5.74, 6) is 0. The lowest BCUT2D eigenvalue weighted by molar-refractivity contribution is 0.661. The molecule has 2 heteroatoms. The number of fused-ring (bicyclic) bond motifs is 7. The molecule has 0 amide bonds. The molecule has 0 radical (unpaired) electrons. The lowest BCUT2D eigenvalue weighted by atomic mass is 9.80. The largest absolute Gasteiger partial charge is 0.309 e. The SMILES string of the molecule is CC1(C)c2cc(-c3ccc(-n4c5ccccc5c5ccccc54)cc3)ccc2-c2ccc(-c3cccc(-c4cccc5cccnc45)c3)cc21. The molecule has 2 heterocycles. The number of benzene rings is 7. The van der Waals surface area contributed by atoms with Crippen LogP contribution in [0.3, 0.4) is 0 Å². The van der Waals surface area contributed by atoms with Crippen molar-refractivity contribution in [3.8, 4) is 50.2 Å². The zero-order chi connectivity index (χ0) is 33.4. The van der Waals surface area contributed by atoms with Gasteiger partial charge in [0.25, 0.3) is 0 Å². The van der Waals surface area contributed by atoms with Gasteiger partial charge in [-0.1, -0.05) is 129 Å². The van der Waals surface area contributed by atoms with Crippen LogP contribution in [0.2, 0.25) is 0 Å². The van der Waals surface area contributed by atoms with E-state index in [-0.39, 0.29) is 5.41 Å². The summed E-state index contributed by atoms with van der Waals surface area (Å²) >= 11 is 0. The smallest absolute Gasteiger partial charge is 0.0780 e. The zero-order valence-electron chi connectivity index (χ0n) is 28.1. The van der Waals surface area contributed by atoms with E-state index in [1.807, 2.05) is 12.3 Å². The van der Waals surface area contributed by atoms with Crippen molar-refractivity contribution in [3.63, 3.8) is 0 Å². The van der Waals surface area contributed by atoms with Crippen molar-refractivity contribution in [1.82, 2.24) is 9.55 Å². The molecule has 0 atom stereocenters. The molecule has 0 saturated heterocycles. The summed E-state index contributed by atoms with van der Waals surface area (Å²) in [4.78, 5) is 4.71. The second kappa shape index (κ2) is 10.9. The van der Waals surface area contributed by atoms with Gasteiger partial charge in [0.1, 0.15) is 0 Å². The van der Waals surface area contributed by atoms with Gasteiger partial charge in [0.05, 0.1) is 16.6 Å². The molecule has 0 N–H and O–H groups in total. The average Bonchev–Trinajstić information content (AvgIpc) is 3.63. The van der Waals surface area contributed by atoms with Crippen LogP contribution in [-0.4, -0.2) is 9.55 Å². The Morgan fingerprint density at radius 1 is 0.440 bits per heavy atom. The van der Waals surface area contributed by atoms with E-state index in [4.69, 9.17) is 4.98 Å². The van der Waals surface area contributed by atoms with Crippen molar-refractivity contribution in [1.29, 1.82) is 0 Å². The third-order valence-electron chi connectivity index (χ3n) is 10.9. The summed E-state index contributed by atoms with van der Waals surface area (Å²) < 4.78 is 2.38. The number of pyridine rings is 1. The zero-order valence-corrected chi connectivity index (χ0v) is 28.1. The van der Waals surface area contributed by atoms with Crippen molar-refractivity contribution in [2.45, 2.75) is 19.3 Å². The summed E-state index contributed by atoms with van der Waals surface area (Å²) in [6.45, 7) is 4.74. The first-order valence-corrected chi connectivity index (χ1v) is 17.4. The molecule has 0 bridgehead atoms. The predicted octanol–water partition coefficient (Wildman–Crippen LogP) is 12.6. The quantitative estimate of drug-likeness (QED) is 0.188. The van der Waals surface area contributed by atoms with Crippen LogP contribution in [-0.2, 0) is 5.41 Å². The average molecular weight is 639 g/mol. The Morgan fingerprint density at radius 2 is 1.00 bits per heavy atom. The van der Waals surface area contributed by atoms with Gasteiger partial charge in [-0.25, -0.2) is 0 Å². The first kappa shape index (κ1) is 28.7. The van der Waals surface area contributed by atoms with Crippen LogP contribution >= 0.6 is 0 Å². The Hall–Kier alpha value is -6.25. The molecular weight excluding hydrogens is 605 g/mol. The number of aromatic nitrogens is 2. The Kier molecular flexibility index (Phi) is 6.25. The van der Waals surface area contributed by atoms with Crippen molar-refractivity contribution in [2.24, 2.45) is 0 Å². The van der Waals surface area contributed by atoms with E-state index in [1.54, 1.807) is 0 Å². The van der Waals surface area contributed by atoms with Crippen LogP contribution in [0.15, 0.2) is 170 Å². The van der Waals surface area contributed by atoms with Crippen LogP contribution in [0.4, 0.5) is 0 Å². The van der Waals surface area contributed by atoms with E-state index in [0.717, 1.165) is 16.5 Å². The van der Waals surface area contributed by atoms with Gasteiger partial charge in [-0.3, -0.25) is 4.98 Å². The minimum atomic E-state index is -0.128. The third kappa shape index (κ3) is 4.32. The number of rotatable bonds is 4. The van der Waals surface area contributed by atoms with Crippen LogP contribution in [0, 0.1) is 0 Å². The standard InChI is InChI=1S/C48H34N2/c1-48(2)43-29-34(31-19-23-37(24-20-31)50-45-17-5-3-14-41(45)42-15-4-6-18-46(42)50)21-25-39(43)40-26-22-35(30-44(40)48)33-11-7-12-36(28-33)38-16-8-10-32-13-9-27-49-47(32)38/h3-30H,1-2H3. The highest BCUT2D eigenvalue weighted by atomic mass is 15.0. The summed E-state index contributed by atoms with van der Waals surface area (Å²) in [6.07, 6.45) is 1.88. The molecule has 2 aromatic heterocycles. The first-order valence-electron chi connectivity index (χ1n) is 17.4. The fraction of sp³-hybridized carbons (Fsp3) is 0.0625. The molecule has 7 aromatic carbocycles. The van der Waals surface area contributed by atoms with E-state index >= 15 is 0 Å². The summed E-state index contributed by atoms with van der Waals surface area (Å²) in [5, 5.41) is 3.72. The maximum atomic E-state index is 4.71. The molecule has 0 unspecified atom stereocenters. The lowest BCUT2D eigenvalue weighted by Crippen LogP contribution is -2.15. The second-order valence-corrected chi connectivity index (χ2v) is 14.0. The van der Waals surface area contributed by atoms with E-state index in [9.17, 15) is 0 Å². The highest BCUT2D eigenvalue weighted by Gasteiger charge is 2.36. The number of hydrogen-bond donors (Lipinski definition) is 0. The monoisotopic (exact) mass is 638 g/mol. The summed E-state index contributed by atoms with van der Waals surface area (Å²) in [6, 6.07) is 59.9. The number of nitrogens with zero attached hydrogens (tertiary/aromatic N) is 2. The molecule has 10 rings (SSSR count). The molecule has 9 aromatic rings. The van der Waals surface area contributed by atoms with Crippen molar-refractivity contribution >= 4 is 32.7 Å². The van der Waals surface area contributed by atoms with Gasteiger partial charge in [-0.2, -0.15) is 0 Å². The maximum Gasteiger partial charge on any atom is 0.0780 e. The molecule has 2 nitrogen and oxygen atoms in total. The predicted molar refractivity (Wildman–Crippen MR) is 210 cm³/mol. The lowest BCUT2D eigenvalue weighted by Gasteiger charge is -2.23. The van der Waals surface area contributed by atoms with E-state index in [2.05, 4.69) is 176 Å². The number of para-hydroxylation sites is 3. The second-order valence-electron chi connectivity index (χ2n) is 14.0. The normalized spacial score (nSPS) is 13.2. The molecule has 0 saturated carbocycles. The fourth-order valence-corrected chi connectivity index (χ4v) is 8.30. The topological polar surface area (TPSA) is 17.8 Å². The van der Waals surface area contributed by atoms with Gasteiger partial charge in [0.15, 0.2) is 0 Å². The van der Waals surface area contributed by atoms with Crippen LogP contribution in [0.1, 0.15) is 25.0 Å². The Labute approximate surface area is 291 Å². The molecular formula is C48H34N2. The molecule has 50 heavy (non-hydrogen) atoms. The Morgan fingerprint density at radius 3 is 1.70 bits per heavy atom. The summed E-state index contributed by atoms with van der Waals surface area (Å²) in [7, 11) is 0. The highest BCUT2D eigenvalue weighted by molar-refractivity contribution is 6.09. The molecule has 0 fully saturated rings.